The SMILES string of the molecule is CC(=O)/C=C/[Si](c1ccccc1)(c1ccccc1)C(C)(C)C. The molecule has 0 aliphatic heterocycles. The summed E-state index contributed by atoms with van der Waals surface area (Å²) in [7, 11) is -2.21. The summed E-state index contributed by atoms with van der Waals surface area (Å²) in [6, 6.07) is 21.3. The van der Waals surface area contributed by atoms with Gasteiger partial charge in [-0.15, -0.1) is 0 Å². The second-order valence-corrected chi connectivity index (χ2v) is 11.3. The van der Waals surface area contributed by atoms with Gasteiger partial charge in [-0.3, -0.25) is 4.79 Å². The number of hydrogen-bond donors (Lipinski definition) is 0. The summed E-state index contributed by atoms with van der Waals surface area (Å²) in [4.78, 5) is 11.6. The summed E-state index contributed by atoms with van der Waals surface area (Å²) in [6.45, 7) is 8.46. The third kappa shape index (κ3) is 3.12. The van der Waals surface area contributed by atoms with Crippen LogP contribution in [-0.2, 0) is 4.79 Å². The summed E-state index contributed by atoms with van der Waals surface area (Å²) in [5.74, 6) is 0.105. The maximum absolute atomic E-state index is 11.6. The number of rotatable bonds is 4. The van der Waals surface area contributed by atoms with E-state index in [2.05, 4.69) is 75.0 Å². The zero-order chi connectivity index (χ0) is 16.2. The van der Waals surface area contributed by atoms with Crippen molar-refractivity contribution < 1.29 is 4.79 Å². The summed E-state index contributed by atoms with van der Waals surface area (Å²) in [6.07, 6.45) is 1.76. The molecule has 0 N–H and O–H groups in total. The van der Waals surface area contributed by atoms with Gasteiger partial charge in [0, 0.05) is 0 Å². The van der Waals surface area contributed by atoms with Gasteiger partial charge in [0.05, 0.1) is 0 Å². The van der Waals surface area contributed by atoms with Gasteiger partial charge in [0.25, 0.3) is 0 Å². The molecule has 0 saturated carbocycles. The van der Waals surface area contributed by atoms with Crippen LogP contribution in [0, 0.1) is 0 Å². The van der Waals surface area contributed by atoms with Crippen molar-refractivity contribution in [3.05, 3.63) is 72.4 Å². The molecule has 0 bridgehead atoms. The fraction of sp³-hybridized carbons (Fsp3) is 0.250. The molecule has 1 nitrogen and oxygen atoms in total. The van der Waals surface area contributed by atoms with E-state index >= 15 is 0 Å². The van der Waals surface area contributed by atoms with Crippen LogP contribution in [-0.4, -0.2) is 13.9 Å². The second-order valence-electron chi connectivity index (χ2n) is 6.73. The Labute approximate surface area is 134 Å². The van der Waals surface area contributed by atoms with Crippen LogP contribution in [0.5, 0.6) is 0 Å². The Balaban J connectivity index is 2.78. The van der Waals surface area contributed by atoms with E-state index < -0.39 is 8.07 Å². The van der Waals surface area contributed by atoms with E-state index in [0.29, 0.717) is 0 Å². The Morgan fingerprint density at radius 1 is 0.864 bits per heavy atom. The Kier molecular flexibility index (Phi) is 4.82. The first kappa shape index (κ1) is 16.4. The largest absolute Gasteiger partial charge is 0.295 e. The first-order valence-corrected chi connectivity index (χ1v) is 9.76. The van der Waals surface area contributed by atoms with Gasteiger partial charge in [-0.05, 0) is 28.4 Å². The third-order valence-corrected chi connectivity index (χ3v) is 9.73. The minimum Gasteiger partial charge on any atom is -0.295 e. The van der Waals surface area contributed by atoms with Crippen LogP contribution >= 0.6 is 0 Å². The minimum atomic E-state index is -2.21. The molecular formula is C20H24OSi. The first-order valence-electron chi connectivity index (χ1n) is 7.69. The van der Waals surface area contributed by atoms with Gasteiger partial charge in [-0.2, -0.15) is 0 Å². The van der Waals surface area contributed by atoms with E-state index in [9.17, 15) is 4.79 Å². The average Bonchev–Trinajstić information content (AvgIpc) is 2.48. The van der Waals surface area contributed by atoms with Crippen LogP contribution < -0.4 is 10.4 Å². The molecule has 2 aromatic carbocycles. The molecule has 0 aromatic heterocycles. The van der Waals surface area contributed by atoms with Gasteiger partial charge >= 0.3 is 0 Å². The quantitative estimate of drug-likeness (QED) is 0.621. The number of benzene rings is 2. The molecular weight excluding hydrogens is 284 g/mol. The molecule has 0 atom stereocenters. The molecule has 0 radical (unpaired) electrons. The predicted octanol–water partition coefficient (Wildman–Crippen LogP) is 3.73. The van der Waals surface area contributed by atoms with Crippen molar-refractivity contribution in [1.29, 1.82) is 0 Å². The van der Waals surface area contributed by atoms with Crippen molar-refractivity contribution in [2.45, 2.75) is 32.7 Å². The highest BCUT2D eigenvalue weighted by Gasteiger charge is 2.45. The highest BCUT2D eigenvalue weighted by atomic mass is 28.3. The van der Waals surface area contributed by atoms with Crippen LogP contribution in [0.1, 0.15) is 27.7 Å². The molecule has 114 valence electrons. The van der Waals surface area contributed by atoms with Crippen molar-refractivity contribution in [2.24, 2.45) is 0 Å². The monoisotopic (exact) mass is 308 g/mol. The van der Waals surface area contributed by atoms with Gasteiger partial charge in [0.2, 0.25) is 0 Å². The maximum atomic E-state index is 11.6. The molecule has 0 aliphatic rings. The van der Waals surface area contributed by atoms with Crippen molar-refractivity contribution in [3.63, 3.8) is 0 Å². The molecule has 0 unspecified atom stereocenters. The van der Waals surface area contributed by atoms with Crippen molar-refractivity contribution in [2.75, 3.05) is 0 Å². The molecule has 2 rings (SSSR count). The Morgan fingerprint density at radius 2 is 1.27 bits per heavy atom. The Bertz CT molecular complexity index is 612. The van der Waals surface area contributed by atoms with Crippen LogP contribution in [0.15, 0.2) is 72.4 Å². The number of ketones is 1. The Morgan fingerprint density at radius 3 is 1.59 bits per heavy atom. The van der Waals surface area contributed by atoms with Crippen LogP contribution in [0.2, 0.25) is 5.04 Å². The second kappa shape index (κ2) is 6.45. The third-order valence-electron chi connectivity index (χ3n) is 4.21. The fourth-order valence-corrected chi connectivity index (χ4v) is 7.99. The molecule has 2 heteroatoms. The number of hydrogen-bond acceptors (Lipinski definition) is 1. The molecule has 0 amide bonds. The standard InChI is InChI=1S/C20H24OSi/c1-17(21)15-16-22(20(2,3)4,18-11-7-5-8-12-18)19-13-9-6-10-14-19/h5-16H,1-4H3/b16-15+. The lowest BCUT2D eigenvalue weighted by Crippen LogP contribution is -2.63. The van der Waals surface area contributed by atoms with Crippen LogP contribution in [0.4, 0.5) is 0 Å². The van der Waals surface area contributed by atoms with Crippen LogP contribution in [0.25, 0.3) is 0 Å². The van der Waals surface area contributed by atoms with E-state index in [1.807, 2.05) is 12.1 Å². The molecule has 0 heterocycles. The number of allylic oxidation sites excluding steroid dienone is 1. The molecule has 0 saturated heterocycles. The van der Waals surface area contributed by atoms with Crippen molar-refractivity contribution in [1.82, 2.24) is 0 Å². The first-order chi connectivity index (χ1) is 10.4. The lowest BCUT2D eigenvalue weighted by Gasteiger charge is -2.42. The predicted molar refractivity (Wildman–Crippen MR) is 97.4 cm³/mol. The van der Waals surface area contributed by atoms with Gasteiger partial charge < -0.3 is 0 Å². The average molecular weight is 308 g/mol. The normalized spacial score (nSPS) is 12.5. The summed E-state index contributed by atoms with van der Waals surface area (Å²) < 4.78 is 0. The van der Waals surface area contributed by atoms with Crippen LogP contribution in [0.3, 0.4) is 0 Å². The van der Waals surface area contributed by atoms with E-state index in [4.69, 9.17) is 0 Å². The van der Waals surface area contributed by atoms with E-state index in [-0.39, 0.29) is 10.8 Å². The zero-order valence-electron chi connectivity index (χ0n) is 13.8. The van der Waals surface area contributed by atoms with Crippen molar-refractivity contribution in [3.8, 4) is 0 Å². The summed E-state index contributed by atoms with van der Waals surface area (Å²) in [5.41, 5.74) is 2.21. The van der Waals surface area contributed by atoms with Gasteiger partial charge in [0.1, 0.15) is 8.07 Å². The zero-order valence-corrected chi connectivity index (χ0v) is 14.8. The topological polar surface area (TPSA) is 17.1 Å². The summed E-state index contributed by atoms with van der Waals surface area (Å²) >= 11 is 0. The van der Waals surface area contributed by atoms with Gasteiger partial charge in [-0.25, -0.2) is 0 Å². The Hall–Kier alpha value is -1.93. The highest BCUT2D eigenvalue weighted by Crippen LogP contribution is 2.36. The van der Waals surface area contributed by atoms with E-state index in [1.54, 1.807) is 13.0 Å². The molecule has 2 aromatic rings. The number of carbonyl (C=O) groups excluding carboxylic acids is 1. The maximum Gasteiger partial charge on any atom is 0.151 e. The molecule has 0 fully saturated rings. The number of carbonyl (C=O) groups is 1. The van der Waals surface area contributed by atoms with E-state index in [0.717, 1.165) is 0 Å². The molecule has 22 heavy (non-hydrogen) atoms. The lowest BCUT2D eigenvalue weighted by atomic mass is 10.2. The minimum absolute atomic E-state index is 0.0572. The fourth-order valence-electron chi connectivity index (χ4n) is 3.12. The van der Waals surface area contributed by atoms with Crippen molar-refractivity contribution >= 4 is 24.2 Å². The molecule has 0 aliphatic carbocycles. The lowest BCUT2D eigenvalue weighted by molar-refractivity contribution is -0.112. The smallest absolute Gasteiger partial charge is 0.151 e. The van der Waals surface area contributed by atoms with Gasteiger partial charge in [0.15, 0.2) is 5.78 Å². The van der Waals surface area contributed by atoms with E-state index in [1.165, 1.54) is 10.4 Å². The highest BCUT2D eigenvalue weighted by molar-refractivity contribution is 7.07. The molecule has 0 spiro atoms. The van der Waals surface area contributed by atoms with Gasteiger partial charge in [-0.1, -0.05) is 87.1 Å². The summed E-state index contributed by atoms with van der Waals surface area (Å²) in [5, 5.41) is 2.74.